The number of ketones is 1. The van der Waals surface area contributed by atoms with Crippen molar-refractivity contribution < 1.29 is 49.6 Å². The fourth-order valence-corrected chi connectivity index (χ4v) is 4.76. The van der Waals surface area contributed by atoms with Gasteiger partial charge in [-0.3, -0.25) is 4.79 Å². The molecule has 3 aromatic rings. The molecule has 0 saturated carbocycles. The van der Waals surface area contributed by atoms with Gasteiger partial charge in [-0.15, -0.1) is 0 Å². The third-order valence-corrected chi connectivity index (χ3v) is 6.36. The van der Waals surface area contributed by atoms with E-state index in [2.05, 4.69) is 0 Å². The summed E-state index contributed by atoms with van der Waals surface area (Å²) in [5, 5.41) is 61.1. The number of hydrogen-bond donors (Lipinski definition) is 6. The number of carbonyl (C=O) groups excluding carboxylic acids is 1. The van der Waals surface area contributed by atoms with E-state index in [0.29, 0.717) is 16.7 Å². The summed E-state index contributed by atoms with van der Waals surface area (Å²) in [5.74, 6) is -3.13. The number of fused-ring (bicyclic) bond motifs is 3. The first-order valence-corrected chi connectivity index (χ1v) is 10.7. The van der Waals surface area contributed by atoms with Crippen molar-refractivity contribution in [1.82, 2.24) is 0 Å². The molecular formula is C25H22O10. The van der Waals surface area contributed by atoms with Gasteiger partial charge >= 0.3 is 0 Å². The van der Waals surface area contributed by atoms with Gasteiger partial charge in [0.25, 0.3) is 6.29 Å². The largest absolute Gasteiger partial charge is 0.508 e. The summed E-state index contributed by atoms with van der Waals surface area (Å²) in [6.45, 7) is -0.325. The second-order valence-corrected chi connectivity index (χ2v) is 8.41. The number of benzene rings is 3. The molecule has 3 aromatic carbocycles. The lowest BCUT2D eigenvalue weighted by molar-refractivity contribution is -0.0789. The zero-order valence-electron chi connectivity index (χ0n) is 18.4. The molecule has 2 bridgehead atoms. The summed E-state index contributed by atoms with van der Waals surface area (Å²) in [7, 11) is 1.42. The highest BCUT2D eigenvalue weighted by atomic mass is 16.7. The van der Waals surface area contributed by atoms with Crippen LogP contribution in [0.25, 0.3) is 0 Å². The Morgan fingerprint density at radius 3 is 2.43 bits per heavy atom. The number of methoxy groups -OCH3 is 1. The summed E-state index contributed by atoms with van der Waals surface area (Å²) in [6.07, 6.45) is -3.44. The Balaban J connectivity index is 1.50. The van der Waals surface area contributed by atoms with Gasteiger partial charge in [-0.1, -0.05) is 12.1 Å². The Hall–Kier alpha value is -4.15. The number of aromatic hydroxyl groups is 4. The fourth-order valence-electron chi connectivity index (χ4n) is 4.76. The molecule has 1 aliphatic carbocycles. The second-order valence-electron chi connectivity index (χ2n) is 8.41. The predicted octanol–water partition coefficient (Wildman–Crippen LogP) is 2.08. The van der Waals surface area contributed by atoms with E-state index in [-0.39, 0.29) is 46.7 Å². The minimum absolute atomic E-state index is 0.0427. The summed E-state index contributed by atoms with van der Waals surface area (Å²) < 4.78 is 16.5. The Morgan fingerprint density at radius 2 is 1.71 bits per heavy atom. The van der Waals surface area contributed by atoms with Crippen LogP contribution in [0.5, 0.6) is 40.2 Å². The molecule has 0 aromatic heterocycles. The Morgan fingerprint density at radius 1 is 0.943 bits per heavy atom. The molecule has 2 aliphatic rings. The lowest BCUT2D eigenvalue weighted by Crippen LogP contribution is -2.46. The number of aliphatic hydroxyl groups is 2. The molecule has 0 amide bonds. The molecule has 0 saturated heterocycles. The second kappa shape index (κ2) is 8.26. The minimum Gasteiger partial charge on any atom is -0.508 e. The van der Waals surface area contributed by atoms with Crippen LogP contribution in [-0.4, -0.2) is 62.5 Å². The van der Waals surface area contributed by atoms with E-state index in [0.717, 1.165) is 12.1 Å². The Labute approximate surface area is 198 Å². The van der Waals surface area contributed by atoms with Crippen molar-refractivity contribution >= 4 is 5.78 Å². The highest BCUT2D eigenvalue weighted by molar-refractivity contribution is 6.05. The number of Topliss-reactive ketones (excluding diaryl/α,β-unsaturated/α-hetero) is 1. The quantitative estimate of drug-likeness (QED) is 0.317. The molecule has 0 fully saturated rings. The highest BCUT2D eigenvalue weighted by Crippen LogP contribution is 2.53. The van der Waals surface area contributed by atoms with Gasteiger partial charge in [0, 0.05) is 29.5 Å². The molecular weight excluding hydrogens is 460 g/mol. The molecule has 6 N–H and O–H groups in total. The topological polar surface area (TPSA) is 166 Å². The van der Waals surface area contributed by atoms with Crippen molar-refractivity contribution in [2.24, 2.45) is 0 Å². The van der Waals surface area contributed by atoms with Crippen LogP contribution < -0.4 is 14.2 Å². The van der Waals surface area contributed by atoms with Gasteiger partial charge < -0.3 is 44.8 Å². The number of hydrogen-bond acceptors (Lipinski definition) is 10. The highest BCUT2D eigenvalue weighted by Gasteiger charge is 2.42. The molecule has 4 atom stereocenters. The average molecular weight is 482 g/mol. The van der Waals surface area contributed by atoms with Crippen molar-refractivity contribution in [3.05, 3.63) is 64.7 Å². The van der Waals surface area contributed by atoms with Crippen LogP contribution in [-0.2, 0) is 0 Å². The van der Waals surface area contributed by atoms with Crippen molar-refractivity contribution in [2.75, 3.05) is 13.7 Å². The van der Waals surface area contributed by atoms with E-state index in [1.54, 1.807) is 18.2 Å². The molecule has 0 radical (unpaired) electrons. The van der Waals surface area contributed by atoms with Gasteiger partial charge in [-0.25, -0.2) is 0 Å². The maximum atomic E-state index is 12.7. The van der Waals surface area contributed by atoms with Gasteiger partial charge in [-0.2, -0.15) is 0 Å². The SMILES string of the molecule is COc1cc([C@@H]2c3cc(O)c(O[C@H]4Oc5cc(O)cc(O)c5C(=O)[C@@H]4O)c(c3)[C@H]2CO)ccc1O. The summed E-state index contributed by atoms with van der Waals surface area (Å²) >= 11 is 0. The normalized spacial score (nSPS) is 22.4. The van der Waals surface area contributed by atoms with E-state index in [1.165, 1.54) is 19.2 Å². The number of phenolic OH excluding ortho intramolecular Hbond substituents is 4. The zero-order chi connectivity index (χ0) is 25.0. The smallest absolute Gasteiger partial charge is 0.274 e. The Kier molecular flexibility index (Phi) is 5.34. The molecule has 182 valence electrons. The van der Waals surface area contributed by atoms with Gasteiger partial charge in [0.15, 0.2) is 29.1 Å². The van der Waals surface area contributed by atoms with Gasteiger partial charge in [0.05, 0.1) is 13.7 Å². The maximum Gasteiger partial charge on any atom is 0.274 e. The van der Waals surface area contributed by atoms with E-state index in [4.69, 9.17) is 14.2 Å². The van der Waals surface area contributed by atoms with Crippen LogP contribution in [0.4, 0.5) is 0 Å². The number of phenols is 4. The third kappa shape index (κ3) is 3.54. The van der Waals surface area contributed by atoms with Crippen molar-refractivity contribution in [2.45, 2.75) is 24.2 Å². The van der Waals surface area contributed by atoms with Crippen LogP contribution in [0, 0.1) is 0 Å². The zero-order valence-corrected chi connectivity index (χ0v) is 18.4. The van der Waals surface area contributed by atoms with Crippen molar-refractivity contribution in [3.63, 3.8) is 0 Å². The Bertz CT molecular complexity index is 1330. The number of rotatable bonds is 5. The van der Waals surface area contributed by atoms with Crippen LogP contribution in [0.15, 0.2) is 42.5 Å². The van der Waals surface area contributed by atoms with E-state index >= 15 is 0 Å². The van der Waals surface area contributed by atoms with E-state index in [9.17, 15) is 35.4 Å². The van der Waals surface area contributed by atoms with E-state index < -0.39 is 35.8 Å². The molecule has 10 heteroatoms. The lowest BCUT2D eigenvalue weighted by Gasteiger charge is -2.30. The number of carbonyl (C=O) groups is 1. The lowest BCUT2D eigenvalue weighted by atomic mass is 9.85. The van der Waals surface area contributed by atoms with Crippen LogP contribution in [0.3, 0.4) is 0 Å². The number of ether oxygens (including phenoxy) is 3. The van der Waals surface area contributed by atoms with Crippen LogP contribution in [0.1, 0.15) is 38.9 Å². The standard InChI is InChI=1S/C25H22O10/c1-33-18-6-10(2-3-15(18)28)20-11-4-13(14(20)9-26)24(17(30)5-11)35-25-23(32)22(31)21-16(29)7-12(27)8-19(21)34-25/h2-8,14,20,23,25-30,32H,9H2,1H3/t14-,20-,23+,25-/m1/s1. The van der Waals surface area contributed by atoms with Gasteiger partial charge in [-0.05, 0) is 29.3 Å². The van der Waals surface area contributed by atoms with Gasteiger partial charge in [0.2, 0.25) is 5.78 Å². The fraction of sp³-hybridized carbons (Fsp3) is 0.240. The molecule has 10 nitrogen and oxygen atoms in total. The van der Waals surface area contributed by atoms with Crippen molar-refractivity contribution in [1.29, 1.82) is 0 Å². The molecule has 35 heavy (non-hydrogen) atoms. The predicted molar refractivity (Wildman–Crippen MR) is 120 cm³/mol. The minimum atomic E-state index is -1.84. The average Bonchev–Trinajstić information content (AvgIpc) is 3.12. The summed E-state index contributed by atoms with van der Waals surface area (Å²) in [4.78, 5) is 12.7. The molecule has 0 unspecified atom stereocenters. The first-order chi connectivity index (χ1) is 16.7. The van der Waals surface area contributed by atoms with Crippen LogP contribution in [0.2, 0.25) is 0 Å². The van der Waals surface area contributed by atoms with Crippen LogP contribution >= 0.6 is 0 Å². The molecule has 5 rings (SSSR count). The van der Waals surface area contributed by atoms with Crippen molar-refractivity contribution in [3.8, 4) is 40.2 Å². The van der Waals surface area contributed by atoms with Gasteiger partial charge in [0.1, 0.15) is 22.8 Å². The van der Waals surface area contributed by atoms with E-state index in [1.807, 2.05) is 0 Å². The first-order valence-electron chi connectivity index (χ1n) is 10.7. The number of aliphatic hydroxyl groups excluding tert-OH is 2. The first kappa shape index (κ1) is 22.6. The summed E-state index contributed by atoms with van der Waals surface area (Å²) in [5.41, 5.74) is 1.52. The maximum absolute atomic E-state index is 12.7. The molecule has 1 heterocycles. The third-order valence-electron chi connectivity index (χ3n) is 6.36. The summed E-state index contributed by atoms with van der Waals surface area (Å²) in [6, 6.07) is 10.0. The molecule has 1 aliphatic heterocycles. The monoisotopic (exact) mass is 482 g/mol. The molecule has 0 spiro atoms.